The van der Waals surface area contributed by atoms with Crippen LogP contribution in [0.2, 0.25) is 13.7 Å². The first-order valence-corrected chi connectivity index (χ1v) is 6.89. The number of aromatic amines is 1. The molecular weight excluding hydrogens is 313 g/mol. The molecule has 2 aromatic heterocycles. The Morgan fingerprint density at radius 3 is 2.61 bits per heavy atom. The van der Waals surface area contributed by atoms with Gasteiger partial charge in [0.1, 0.15) is 15.7 Å². The van der Waals surface area contributed by atoms with Gasteiger partial charge in [-0.3, -0.25) is 0 Å². The van der Waals surface area contributed by atoms with Gasteiger partial charge in [-0.15, -0.1) is 11.3 Å². The molecule has 3 rings (SSSR count). The molecule has 3 N–H and O–H groups in total. The molecule has 0 unspecified atom stereocenters. The predicted molar refractivity (Wildman–Crippen MR) is 78.8 cm³/mol. The fourth-order valence-electron chi connectivity index (χ4n) is 1.74. The van der Waals surface area contributed by atoms with E-state index in [1.807, 2.05) is 0 Å². The summed E-state index contributed by atoms with van der Waals surface area (Å²) in [6.45, 7) is 0. The number of aromatic nitrogens is 2. The smallest absolute Gasteiger partial charge is 0.141 e. The quantitative estimate of drug-likeness (QED) is 0.631. The van der Waals surface area contributed by atoms with Gasteiger partial charge in [-0.1, -0.05) is 34.8 Å². The van der Waals surface area contributed by atoms with E-state index in [1.54, 1.807) is 18.2 Å². The summed E-state index contributed by atoms with van der Waals surface area (Å²) in [5.41, 5.74) is 8.60. The van der Waals surface area contributed by atoms with Crippen LogP contribution in [0.25, 0.3) is 22.4 Å². The number of nitrogens with two attached hydrogens (primary N) is 1. The maximum absolute atomic E-state index is 6.09. The molecule has 0 saturated carbocycles. The van der Waals surface area contributed by atoms with Crippen molar-refractivity contribution < 1.29 is 0 Å². The van der Waals surface area contributed by atoms with E-state index in [2.05, 4.69) is 9.97 Å². The summed E-state index contributed by atoms with van der Waals surface area (Å²) >= 11 is 19.2. The van der Waals surface area contributed by atoms with Crippen molar-refractivity contribution in [3.05, 3.63) is 31.9 Å². The highest BCUT2D eigenvalue weighted by molar-refractivity contribution is 7.20. The average Bonchev–Trinajstić information content (AvgIpc) is 2.81. The van der Waals surface area contributed by atoms with Gasteiger partial charge in [0.15, 0.2) is 0 Å². The van der Waals surface area contributed by atoms with E-state index < -0.39 is 0 Å². The van der Waals surface area contributed by atoms with Crippen molar-refractivity contribution >= 4 is 62.9 Å². The van der Waals surface area contributed by atoms with Crippen LogP contribution in [0, 0.1) is 0 Å². The topological polar surface area (TPSA) is 54.7 Å². The second kappa shape index (κ2) is 4.31. The molecule has 3 nitrogen and oxygen atoms in total. The first kappa shape index (κ1) is 12.1. The Hall–Kier alpha value is -0.940. The van der Waals surface area contributed by atoms with Gasteiger partial charge < -0.3 is 10.7 Å². The number of rotatable bonds is 1. The molecule has 0 aliphatic carbocycles. The Morgan fingerprint density at radius 1 is 1.17 bits per heavy atom. The number of benzene rings is 1. The second-order valence-corrected chi connectivity index (χ2v) is 6.44. The summed E-state index contributed by atoms with van der Waals surface area (Å²) in [6, 6.07) is 5.20. The molecule has 7 heteroatoms. The molecule has 0 aliphatic rings. The van der Waals surface area contributed by atoms with Gasteiger partial charge in [0.25, 0.3) is 0 Å². The van der Waals surface area contributed by atoms with Gasteiger partial charge in [-0.25, -0.2) is 4.98 Å². The molecule has 0 bridgehead atoms. The van der Waals surface area contributed by atoms with Gasteiger partial charge in [0.2, 0.25) is 0 Å². The second-order valence-electron chi connectivity index (χ2n) is 3.71. The minimum absolute atomic E-state index is 0.525. The predicted octanol–water partition coefficient (Wildman–Crippen LogP) is 4.83. The normalized spacial score (nSPS) is 11.3. The fourth-order valence-corrected chi connectivity index (χ4v) is 3.43. The molecule has 0 amide bonds. The third-order valence-electron chi connectivity index (χ3n) is 2.49. The monoisotopic (exact) mass is 317 g/mol. The largest absolute Gasteiger partial charge is 0.397 e. The van der Waals surface area contributed by atoms with Gasteiger partial charge in [0, 0.05) is 10.6 Å². The standard InChI is InChI=1S/C11H6Cl3N3S/c12-4-1-6(15)9-7(2-4)16-11(17-9)5-3-8(13)18-10(5)14/h1-3H,15H2,(H,16,17). The molecular formula is C11H6Cl3N3S. The number of imidazole rings is 1. The summed E-state index contributed by atoms with van der Waals surface area (Å²) in [7, 11) is 0. The lowest BCUT2D eigenvalue weighted by Crippen LogP contribution is -1.86. The summed E-state index contributed by atoms with van der Waals surface area (Å²) in [6.07, 6.45) is 0. The van der Waals surface area contributed by atoms with E-state index in [9.17, 15) is 0 Å². The van der Waals surface area contributed by atoms with Crippen molar-refractivity contribution in [2.45, 2.75) is 0 Å². The number of thiophene rings is 1. The fraction of sp³-hybridized carbons (Fsp3) is 0. The number of nitrogens with one attached hydrogen (secondary N) is 1. The molecule has 0 atom stereocenters. The zero-order valence-corrected chi connectivity index (χ0v) is 11.9. The van der Waals surface area contributed by atoms with Crippen LogP contribution >= 0.6 is 46.1 Å². The molecule has 0 spiro atoms. The highest BCUT2D eigenvalue weighted by Gasteiger charge is 2.14. The van der Waals surface area contributed by atoms with Gasteiger partial charge in [-0.2, -0.15) is 0 Å². The lowest BCUT2D eigenvalue weighted by atomic mass is 10.3. The van der Waals surface area contributed by atoms with Crippen LogP contribution in [0.15, 0.2) is 18.2 Å². The minimum atomic E-state index is 0.525. The Kier molecular flexibility index (Phi) is 2.90. The number of hydrogen-bond donors (Lipinski definition) is 2. The third kappa shape index (κ3) is 1.95. The maximum atomic E-state index is 6.09. The number of anilines is 1. The number of H-pyrrole nitrogens is 1. The number of nitrogens with zero attached hydrogens (tertiary/aromatic N) is 1. The lowest BCUT2D eigenvalue weighted by molar-refractivity contribution is 1.35. The Balaban J connectivity index is 2.25. The zero-order chi connectivity index (χ0) is 12.9. The number of fused-ring (bicyclic) bond motifs is 1. The van der Waals surface area contributed by atoms with E-state index in [4.69, 9.17) is 40.5 Å². The molecule has 2 heterocycles. The van der Waals surface area contributed by atoms with E-state index >= 15 is 0 Å². The van der Waals surface area contributed by atoms with Crippen LogP contribution in [-0.2, 0) is 0 Å². The summed E-state index contributed by atoms with van der Waals surface area (Å²) in [5.74, 6) is 0.632. The summed E-state index contributed by atoms with van der Waals surface area (Å²) < 4.78 is 1.20. The lowest BCUT2D eigenvalue weighted by Gasteiger charge is -1.94. The van der Waals surface area contributed by atoms with Gasteiger partial charge in [0.05, 0.1) is 15.5 Å². The third-order valence-corrected chi connectivity index (χ3v) is 4.20. The molecule has 92 valence electrons. The Morgan fingerprint density at radius 2 is 1.94 bits per heavy atom. The Labute approximate surface area is 121 Å². The molecule has 18 heavy (non-hydrogen) atoms. The molecule has 0 fully saturated rings. The van der Waals surface area contributed by atoms with Gasteiger partial charge in [-0.05, 0) is 18.2 Å². The first-order valence-electron chi connectivity index (χ1n) is 4.94. The van der Waals surface area contributed by atoms with Crippen molar-refractivity contribution in [3.63, 3.8) is 0 Å². The van der Waals surface area contributed by atoms with Crippen LogP contribution in [0.5, 0.6) is 0 Å². The van der Waals surface area contributed by atoms with Crippen LogP contribution in [0.3, 0.4) is 0 Å². The summed E-state index contributed by atoms with van der Waals surface area (Å²) in [4.78, 5) is 7.56. The van der Waals surface area contributed by atoms with E-state index in [-0.39, 0.29) is 0 Å². The molecule has 0 saturated heterocycles. The number of halogens is 3. The van der Waals surface area contributed by atoms with Gasteiger partial charge >= 0.3 is 0 Å². The van der Waals surface area contributed by atoms with Crippen molar-refractivity contribution in [1.82, 2.24) is 9.97 Å². The van der Waals surface area contributed by atoms with E-state index in [1.165, 1.54) is 11.3 Å². The minimum Gasteiger partial charge on any atom is -0.397 e. The average molecular weight is 319 g/mol. The molecule has 0 aliphatic heterocycles. The van der Waals surface area contributed by atoms with E-state index in [0.29, 0.717) is 30.7 Å². The van der Waals surface area contributed by atoms with Crippen LogP contribution in [0.4, 0.5) is 5.69 Å². The van der Waals surface area contributed by atoms with Crippen LogP contribution < -0.4 is 5.73 Å². The number of nitrogen functional groups attached to an aromatic ring is 1. The highest BCUT2D eigenvalue weighted by atomic mass is 35.5. The van der Waals surface area contributed by atoms with Crippen molar-refractivity contribution in [1.29, 1.82) is 0 Å². The summed E-state index contributed by atoms with van der Waals surface area (Å²) in [5, 5.41) is 0.560. The number of hydrogen-bond acceptors (Lipinski definition) is 3. The molecule has 1 aromatic carbocycles. The first-order chi connectivity index (χ1) is 8.54. The maximum Gasteiger partial charge on any atom is 0.141 e. The Bertz CT molecular complexity index is 747. The molecule has 0 radical (unpaired) electrons. The molecule has 3 aromatic rings. The highest BCUT2D eigenvalue weighted by Crippen LogP contribution is 2.38. The van der Waals surface area contributed by atoms with Crippen molar-refractivity contribution in [3.8, 4) is 11.4 Å². The van der Waals surface area contributed by atoms with Crippen molar-refractivity contribution in [2.75, 3.05) is 5.73 Å². The van der Waals surface area contributed by atoms with Crippen molar-refractivity contribution in [2.24, 2.45) is 0 Å². The SMILES string of the molecule is Nc1cc(Cl)cc2[nH]c(-c3cc(Cl)sc3Cl)nc12. The van der Waals surface area contributed by atoms with E-state index in [0.717, 1.165) is 11.1 Å². The van der Waals surface area contributed by atoms with Crippen LogP contribution in [-0.4, -0.2) is 9.97 Å². The zero-order valence-electron chi connectivity index (χ0n) is 8.80. The van der Waals surface area contributed by atoms with Crippen LogP contribution in [0.1, 0.15) is 0 Å².